The lowest BCUT2D eigenvalue weighted by molar-refractivity contribution is -0.130. The molecule has 0 aliphatic rings. The Hall–Kier alpha value is -0.830. The van der Waals surface area contributed by atoms with Gasteiger partial charge in [-0.2, -0.15) is 0 Å². The SMILES string of the molecule is C=CCN(CCC)C(=O)CCCCO. The predicted molar refractivity (Wildman–Crippen MR) is 58.0 cm³/mol. The Morgan fingerprint density at radius 1 is 1.50 bits per heavy atom. The molecule has 0 heterocycles. The molecule has 0 atom stereocenters. The van der Waals surface area contributed by atoms with Crippen LogP contribution in [0.1, 0.15) is 32.6 Å². The average Bonchev–Trinajstić information content (AvgIpc) is 2.18. The Bertz CT molecular complexity index is 169. The molecule has 0 rings (SSSR count). The Balaban J connectivity index is 3.81. The first kappa shape index (κ1) is 13.2. The lowest BCUT2D eigenvalue weighted by atomic mass is 10.2. The number of hydrogen-bond acceptors (Lipinski definition) is 2. The molecule has 0 saturated carbocycles. The zero-order chi connectivity index (χ0) is 10.8. The van der Waals surface area contributed by atoms with Crippen molar-refractivity contribution in [2.45, 2.75) is 32.6 Å². The molecule has 3 nitrogen and oxygen atoms in total. The van der Waals surface area contributed by atoms with Gasteiger partial charge in [-0.05, 0) is 19.3 Å². The number of aliphatic hydroxyl groups excluding tert-OH is 1. The highest BCUT2D eigenvalue weighted by molar-refractivity contribution is 5.76. The van der Waals surface area contributed by atoms with Gasteiger partial charge in [0.2, 0.25) is 5.91 Å². The normalized spacial score (nSPS) is 9.86. The molecule has 14 heavy (non-hydrogen) atoms. The molecule has 1 N–H and O–H groups in total. The molecule has 3 heteroatoms. The van der Waals surface area contributed by atoms with Gasteiger partial charge in [0, 0.05) is 26.1 Å². The maximum absolute atomic E-state index is 11.6. The Morgan fingerprint density at radius 3 is 2.71 bits per heavy atom. The van der Waals surface area contributed by atoms with Crippen LogP contribution in [0.15, 0.2) is 12.7 Å². The van der Waals surface area contributed by atoms with Crippen LogP contribution in [0.4, 0.5) is 0 Å². The van der Waals surface area contributed by atoms with Gasteiger partial charge in [-0.3, -0.25) is 4.79 Å². The third-order valence-corrected chi connectivity index (χ3v) is 1.99. The van der Waals surface area contributed by atoms with Crippen LogP contribution in [0.25, 0.3) is 0 Å². The highest BCUT2D eigenvalue weighted by Gasteiger charge is 2.09. The number of amides is 1. The fraction of sp³-hybridized carbons (Fsp3) is 0.727. The van der Waals surface area contributed by atoms with Crippen molar-refractivity contribution in [1.82, 2.24) is 4.90 Å². The molecular weight excluding hydrogens is 178 g/mol. The van der Waals surface area contributed by atoms with E-state index in [0.717, 1.165) is 19.4 Å². The van der Waals surface area contributed by atoms with Gasteiger partial charge in [0.05, 0.1) is 0 Å². The lowest BCUT2D eigenvalue weighted by Crippen LogP contribution is -2.31. The summed E-state index contributed by atoms with van der Waals surface area (Å²) >= 11 is 0. The van der Waals surface area contributed by atoms with Crippen LogP contribution in [-0.4, -0.2) is 35.6 Å². The van der Waals surface area contributed by atoms with Crippen molar-refractivity contribution in [2.24, 2.45) is 0 Å². The van der Waals surface area contributed by atoms with Gasteiger partial charge in [0.1, 0.15) is 0 Å². The lowest BCUT2D eigenvalue weighted by Gasteiger charge is -2.20. The molecule has 0 aliphatic carbocycles. The molecule has 0 saturated heterocycles. The Morgan fingerprint density at radius 2 is 2.21 bits per heavy atom. The number of unbranched alkanes of at least 4 members (excludes halogenated alkanes) is 1. The number of nitrogens with zero attached hydrogens (tertiary/aromatic N) is 1. The summed E-state index contributed by atoms with van der Waals surface area (Å²) in [7, 11) is 0. The summed E-state index contributed by atoms with van der Waals surface area (Å²) in [5, 5.41) is 8.58. The highest BCUT2D eigenvalue weighted by atomic mass is 16.2. The van der Waals surface area contributed by atoms with Crippen LogP contribution >= 0.6 is 0 Å². The third-order valence-electron chi connectivity index (χ3n) is 1.99. The van der Waals surface area contributed by atoms with Crippen molar-refractivity contribution in [1.29, 1.82) is 0 Å². The fourth-order valence-electron chi connectivity index (χ4n) is 1.29. The largest absolute Gasteiger partial charge is 0.396 e. The molecule has 0 spiro atoms. The maximum atomic E-state index is 11.6. The van der Waals surface area contributed by atoms with Crippen LogP contribution in [-0.2, 0) is 4.79 Å². The smallest absolute Gasteiger partial charge is 0.222 e. The molecule has 0 fully saturated rings. The van der Waals surface area contributed by atoms with Gasteiger partial charge in [-0.15, -0.1) is 6.58 Å². The van der Waals surface area contributed by atoms with Crippen LogP contribution in [0.2, 0.25) is 0 Å². The van der Waals surface area contributed by atoms with Crippen molar-refractivity contribution in [3.05, 3.63) is 12.7 Å². The third kappa shape index (κ3) is 5.75. The summed E-state index contributed by atoms with van der Waals surface area (Å²) in [5.41, 5.74) is 0. The van der Waals surface area contributed by atoms with Crippen molar-refractivity contribution in [3.63, 3.8) is 0 Å². The summed E-state index contributed by atoms with van der Waals surface area (Å²) in [5.74, 6) is 0.167. The van der Waals surface area contributed by atoms with E-state index in [9.17, 15) is 4.79 Å². The quantitative estimate of drug-likeness (QED) is 0.476. The van der Waals surface area contributed by atoms with Crippen molar-refractivity contribution < 1.29 is 9.90 Å². The van der Waals surface area contributed by atoms with Crippen LogP contribution in [0.3, 0.4) is 0 Å². The monoisotopic (exact) mass is 199 g/mol. The zero-order valence-corrected chi connectivity index (χ0v) is 9.04. The van der Waals surface area contributed by atoms with Crippen molar-refractivity contribution >= 4 is 5.91 Å². The minimum atomic E-state index is 0.167. The van der Waals surface area contributed by atoms with E-state index in [1.54, 1.807) is 6.08 Å². The Labute approximate surface area is 86.4 Å². The molecule has 1 amide bonds. The van der Waals surface area contributed by atoms with E-state index in [1.165, 1.54) is 0 Å². The molecule has 0 aliphatic heterocycles. The van der Waals surface area contributed by atoms with Crippen LogP contribution in [0.5, 0.6) is 0 Å². The number of carbonyl (C=O) groups excluding carboxylic acids is 1. The predicted octanol–water partition coefficient (Wildman–Crippen LogP) is 1.57. The van der Waals surface area contributed by atoms with Crippen LogP contribution < -0.4 is 0 Å². The number of hydrogen-bond donors (Lipinski definition) is 1. The molecule has 0 aromatic carbocycles. The van der Waals surface area contributed by atoms with Gasteiger partial charge in [-0.1, -0.05) is 13.0 Å². The van der Waals surface area contributed by atoms with E-state index >= 15 is 0 Å². The number of carbonyl (C=O) groups is 1. The molecule has 0 unspecified atom stereocenters. The zero-order valence-electron chi connectivity index (χ0n) is 9.04. The average molecular weight is 199 g/mol. The van der Waals surface area contributed by atoms with E-state index in [0.29, 0.717) is 19.4 Å². The molecule has 0 bridgehead atoms. The summed E-state index contributed by atoms with van der Waals surface area (Å²) < 4.78 is 0. The second-order valence-electron chi connectivity index (χ2n) is 3.31. The maximum Gasteiger partial charge on any atom is 0.222 e. The number of rotatable bonds is 8. The molecule has 0 aromatic rings. The first-order valence-corrected chi connectivity index (χ1v) is 5.25. The summed E-state index contributed by atoms with van der Waals surface area (Å²) in [4.78, 5) is 13.4. The Kier molecular flexibility index (Phi) is 8.24. The van der Waals surface area contributed by atoms with Gasteiger partial charge in [0.15, 0.2) is 0 Å². The van der Waals surface area contributed by atoms with Crippen molar-refractivity contribution in [2.75, 3.05) is 19.7 Å². The molecular formula is C11H21NO2. The van der Waals surface area contributed by atoms with E-state index < -0.39 is 0 Å². The van der Waals surface area contributed by atoms with E-state index in [-0.39, 0.29) is 12.5 Å². The van der Waals surface area contributed by atoms with Gasteiger partial charge in [-0.25, -0.2) is 0 Å². The van der Waals surface area contributed by atoms with Gasteiger partial charge in [0.25, 0.3) is 0 Å². The minimum absolute atomic E-state index is 0.167. The second kappa shape index (κ2) is 8.75. The minimum Gasteiger partial charge on any atom is -0.396 e. The summed E-state index contributed by atoms with van der Waals surface area (Å²) in [6.07, 6.45) is 4.74. The number of aliphatic hydroxyl groups is 1. The van der Waals surface area contributed by atoms with E-state index in [4.69, 9.17) is 5.11 Å². The molecule has 82 valence electrons. The highest BCUT2D eigenvalue weighted by Crippen LogP contribution is 2.01. The van der Waals surface area contributed by atoms with E-state index in [1.807, 2.05) is 4.90 Å². The molecule has 0 radical (unpaired) electrons. The van der Waals surface area contributed by atoms with Crippen LogP contribution in [0, 0.1) is 0 Å². The molecule has 0 aromatic heterocycles. The van der Waals surface area contributed by atoms with Crippen molar-refractivity contribution in [3.8, 4) is 0 Å². The first-order valence-electron chi connectivity index (χ1n) is 5.25. The first-order chi connectivity index (χ1) is 6.76. The summed E-state index contributed by atoms with van der Waals surface area (Å²) in [6.45, 7) is 7.28. The fourth-order valence-corrected chi connectivity index (χ4v) is 1.29. The summed E-state index contributed by atoms with van der Waals surface area (Å²) in [6, 6.07) is 0. The second-order valence-corrected chi connectivity index (χ2v) is 3.31. The topological polar surface area (TPSA) is 40.5 Å². The van der Waals surface area contributed by atoms with Gasteiger partial charge < -0.3 is 10.0 Å². The standard InChI is InChI=1S/C11H21NO2/c1-3-8-12(9-4-2)11(14)7-5-6-10-13/h3,13H,1,4-10H2,2H3. The van der Waals surface area contributed by atoms with E-state index in [2.05, 4.69) is 13.5 Å². The van der Waals surface area contributed by atoms with Gasteiger partial charge >= 0.3 is 0 Å².